The number of allylic oxidation sites excluding steroid dienone is 1. The number of hydrogen-bond acceptors (Lipinski definition) is 6. The van der Waals surface area contributed by atoms with E-state index < -0.39 is 18.0 Å². The Morgan fingerprint density at radius 2 is 1.88 bits per heavy atom. The van der Waals surface area contributed by atoms with E-state index in [0.29, 0.717) is 32.0 Å². The summed E-state index contributed by atoms with van der Waals surface area (Å²) in [6.45, 7) is 1.40. The van der Waals surface area contributed by atoms with E-state index >= 15 is 0 Å². The first-order valence-electron chi connectivity index (χ1n) is 9.55. The largest absolute Gasteiger partial charge is 0.493 e. The SMILES string of the molecule is COC(=O)C1=C(C)NC(=O)N[C@H]1c1cc(I)c(OCC(=O)Nc2ccccc2)c(OC)c1. The van der Waals surface area contributed by atoms with Crippen LogP contribution in [0.25, 0.3) is 0 Å². The van der Waals surface area contributed by atoms with E-state index in [1.807, 2.05) is 40.8 Å². The molecule has 3 N–H and O–H groups in total. The topological polar surface area (TPSA) is 115 Å². The number of nitrogens with one attached hydrogen (secondary N) is 3. The molecule has 0 aromatic heterocycles. The lowest BCUT2D eigenvalue weighted by molar-refractivity contribution is -0.136. The van der Waals surface area contributed by atoms with Gasteiger partial charge in [-0.15, -0.1) is 0 Å². The van der Waals surface area contributed by atoms with Crippen molar-refractivity contribution < 1.29 is 28.6 Å². The van der Waals surface area contributed by atoms with E-state index in [1.165, 1.54) is 14.2 Å². The van der Waals surface area contributed by atoms with Crippen molar-refractivity contribution in [2.75, 3.05) is 26.1 Å². The van der Waals surface area contributed by atoms with Crippen LogP contribution in [0.1, 0.15) is 18.5 Å². The Kier molecular flexibility index (Phi) is 7.57. The van der Waals surface area contributed by atoms with Gasteiger partial charge in [-0.2, -0.15) is 0 Å². The van der Waals surface area contributed by atoms with Gasteiger partial charge in [-0.1, -0.05) is 18.2 Å². The first kappa shape index (κ1) is 23.4. The van der Waals surface area contributed by atoms with E-state index in [9.17, 15) is 14.4 Å². The highest BCUT2D eigenvalue weighted by atomic mass is 127. The molecule has 2 aromatic carbocycles. The van der Waals surface area contributed by atoms with Crippen LogP contribution in [0.15, 0.2) is 53.7 Å². The standard InChI is InChI=1S/C22H22IN3O6/c1-12-18(21(28)31-3)19(26-22(29)24-12)13-9-15(23)20(16(10-13)30-2)32-11-17(27)25-14-7-5-4-6-8-14/h4-10,19H,11H2,1-3H3,(H,25,27)(H2,24,26,29)/t19-/m0/s1. The number of amides is 3. The van der Waals surface area contributed by atoms with E-state index in [4.69, 9.17) is 14.2 Å². The maximum absolute atomic E-state index is 12.3. The van der Waals surface area contributed by atoms with Crippen molar-refractivity contribution in [2.45, 2.75) is 13.0 Å². The first-order valence-corrected chi connectivity index (χ1v) is 10.6. The van der Waals surface area contributed by atoms with Crippen molar-refractivity contribution in [3.8, 4) is 11.5 Å². The Morgan fingerprint density at radius 3 is 2.53 bits per heavy atom. The predicted molar refractivity (Wildman–Crippen MR) is 125 cm³/mol. The lowest BCUT2D eigenvalue weighted by Gasteiger charge is -2.28. The molecule has 0 bridgehead atoms. The van der Waals surface area contributed by atoms with Crippen LogP contribution >= 0.6 is 22.6 Å². The van der Waals surface area contributed by atoms with Gasteiger partial charge in [-0.3, -0.25) is 4.79 Å². The third-order valence-corrected chi connectivity index (χ3v) is 5.47. The zero-order valence-corrected chi connectivity index (χ0v) is 19.8. The fourth-order valence-electron chi connectivity index (χ4n) is 3.23. The molecule has 1 aliphatic heterocycles. The number of hydrogen-bond donors (Lipinski definition) is 3. The van der Waals surface area contributed by atoms with E-state index in [-0.39, 0.29) is 18.1 Å². The molecule has 0 saturated heterocycles. The highest BCUT2D eigenvalue weighted by Crippen LogP contribution is 2.38. The lowest BCUT2D eigenvalue weighted by Crippen LogP contribution is -2.45. The molecule has 1 heterocycles. The van der Waals surface area contributed by atoms with Crippen molar-refractivity contribution in [3.05, 3.63) is 62.9 Å². The van der Waals surface area contributed by atoms with Gasteiger partial charge in [0.15, 0.2) is 18.1 Å². The van der Waals surface area contributed by atoms with Crippen LogP contribution in [0.5, 0.6) is 11.5 Å². The summed E-state index contributed by atoms with van der Waals surface area (Å²) in [5, 5.41) is 8.06. The summed E-state index contributed by atoms with van der Waals surface area (Å²) in [6, 6.07) is 11.3. The third-order valence-electron chi connectivity index (χ3n) is 4.66. The molecule has 0 spiro atoms. The molecule has 32 heavy (non-hydrogen) atoms. The van der Waals surface area contributed by atoms with Gasteiger partial charge >= 0.3 is 12.0 Å². The highest BCUT2D eigenvalue weighted by Gasteiger charge is 2.33. The minimum Gasteiger partial charge on any atom is -0.493 e. The molecule has 0 fully saturated rings. The molecule has 168 valence electrons. The van der Waals surface area contributed by atoms with Gasteiger partial charge < -0.3 is 30.2 Å². The van der Waals surface area contributed by atoms with Crippen LogP contribution in [0.2, 0.25) is 0 Å². The van der Waals surface area contributed by atoms with Crippen LogP contribution in [-0.2, 0) is 14.3 Å². The minimum atomic E-state index is -0.742. The summed E-state index contributed by atoms with van der Waals surface area (Å²) < 4.78 is 16.7. The van der Waals surface area contributed by atoms with Crippen molar-refractivity contribution in [1.29, 1.82) is 0 Å². The Bertz CT molecular complexity index is 1070. The summed E-state index contributed by atoms with van der Waals surface area (Å²) in [7, 11) is 2.74. The number of halogens is 1. The Balaban J connectivity index is 1.84. The summed E-state index contributed by atoms with van der Waals surface area (Å²) in [6.07, 6.45) is 0. The lowest BCUT2D eigenvalue weighted by atomic mass is 9.95. The highest BCUT2D eigenvalue weighted by molar-refractivity contribution is 14.1. The second kappa shape index (κ2) is 10.4. The summed E-state index contributed by atoms with van der Waals surface area (Å²) in [4.78, 5) is 36.6. The minimum absolute atomic E-state index is 0.225. The fourth-order valence-corrected chi connectivity index (χ4v) is 4.01. The van der Waals surface area contributed by atoms with E-state index in [1.54, 1.807) is 31.2 Å². The number of benzene rings is 2. The number of para-hydroxylation sites is 1. The molecule has 2 aromatic rings. The zero-order valence-electron chi connectivity index (χ0n) is 17.7. The van der Waals surface area contributed by atoms with E-state index in [0.717, 1.165) is 0 Å². The van der Waals surface area contributed by atoms with Crippen molar-refractivity contribution >= 4 is 46.2 Å². The maximum atomic E-state index is 12.3. The second-order valence-corrected chi connectivity index (χ2v) is 7.96. The molecule has 10 heteroatoms. The molecule has 0 saturated carbocycles. The molecule has 1 aliphatic rings. The third kappa shape index (κ3) is 5.31. The number of ether oxygens (including phenoxy) is 3. The molecule has 3 amide bonds. The smallest absolute Gasteiger partial charge is 0.337 e. The Labute approximate surface area is 198 Å². The molecule has 0 unspecified atom stereocenters. The van der Waals surface area contributed by atoms with Gasteiger partial charge in [0.1, 0.15) is 0 Å². The van der Waals surface area contributed by atoms with Gasteiger partial charge in [0, 0.05) is 11.4 Å². The van der Waals surface area contributed by atoms with Gasteiger partial charge in [-0.05, 0) is 59.3 Å². The van der Waals surface area contributed by atoms with Gasteiger partial charge in [-0.25, -0.2) is 9.59 Å². The number of carbonyl (C=O) groups excluding carboxylic acids is 3. The predicted octanol–water partition coefficient (Wildman–Crippen LogP) is 3.12. The van der Waals surface area contributed by atoms with Crippen LogP contribution in [0, 0.1) is 3.57 Å². The molecule has 9 nitrogen and oxygen atoms in total. The molecular formula is C22H22IN3O6. The first-order chi connectivity index (χ1) is 15.3. The number of carbonyl (C=O) groups is 3. The van der Waals surface area contributed by atoms with E-state index in [2.05, 4.69) is 16.0 Å². The average molecular weight is 551 g/mol. The summed E-state index contributed by atoms with van der Waals surface area (Å²) in [5.74, 6) is -0.156. The quantitative estimate of drug-likeness (QED) is 0.360. The zero-order chi connectivity index (χ0) is 23.3. The number of rotatable bonds is 7. The Morgan fingerprint density at radius 1 is 1.16 bits per heavy atom. The number of esters is 1. The molecular weight excluding hydrogens is 529 g/mol. The molecule has 0 radical (unpaired) electrons. The van der Waals surface area contributed by atoms with Crippen LogP contribution in [0.4, 0.5) is 10.5 Å². The Hall–Kier alpha value is -3.28. The van der Waals surface area contributed by atoms with Crippen molar-refractivity contribution in [3.63, 3.8) is 0 Å². The van der Waals surface area contributed by atoms with Crippen molar-refractivity contribution in [2.24, 2.45) is 0 Å². The fraction of sp³-hybridized carbons (Fsp3) is 0.227. The maximum Gasteiger partial charge on any atom is 0.337 e. The number of methoxy groups -OCH3 is 2. The molecule has 0 aliphatic carbocycles. The van der Waals surface area contributed by atoms with Crippen LogP contribution < -0.4 is 25.4 Å². The van der Waals surface area contributed by atoms with Crippen LogP contribution in [0.3, 0.4) is 0 Å². The van der Waals surface area contributed by atoms with Gasteiger partial charge in [0.2, 0.25) is 0 Å². The van der Waals surface area contributed by atoms with Crippen LogP contribution in [-0.4, -0.2) is 38.7 Å². The van der Waals surface area contributed by atoms with Crippen molar-refractivity contribution in [1.82, 2.24) is 10.6 Å². The number of anilines is 1. The normalized spacial score (nSPS) is 15.4. The van der Waals surface area contributed by atoms with Gasteiger partial charge in [0.05, 0.1) is 29.4 Å². The van der Waals surface area contributed by atoms with Gasteiger partial charge in [0.25, 0.3) is 5.91 Å². The average Bonchev–Trinajstić information content (AvgIpc) is 2.77. The molecule has 1 atom stereocenters. The number of urea groups is 1. The second-order valence-electron chi connectivity index (χ2n) is 6.80. The summed E-state index contributed by atoms with van der Waals surface area (Å²) in [5.41, 5.74) is 1.94. The monoisotopic (exact) mass is 551 g/mol. The molecule has 3 rings (SSSR count). The summed E-state index contributed by atoms with van der Waals surface area (Å²) >= 11 is 2.05.